The Morgan fingerprint density at radius 3 is 2.37 bits per heavy atom. The molecule has 1 spiro atoms. The van der Waals surface area contributed by atoms with Gasteiger partial charge < -0.3 is 19.0 Å². The second kappa shape index (κ2) is 8.62. The van der Waals surface area contributed by atoms with Crippen LogP contribution in [-0.2, 0) is 13.9 Å². The average molecular weight is 437 g/mol. The predicted molar refractivity (Wildman–Crippen MR) is 123 cm³/mol. The van der Waals surface area contributed by atoms with Crippen LogP contribution < -0.4 is 0 Å². The lowest BCUT2D eigenvalue weighted by atomic mass is 9.84. The van der Waals surface area contributed by atoms with E-state index in [0.717, 1.165) is 45.3 Å². The van der Waals surface area contributed by atoms with Crippen LogP contribution in [0.1, 0.15) is 72.1 Å². The van der Waals surface area contributed by atoms with Gasteiger partial charge in [0.15, 0.2) is 14.1 Å². The van der Waals surface area contributed by atoms with Crippen molar-refractivity contribution in [3.8, 4) is 0 Å². The van der Waals surface area contributed by atoms with Gasteiger partial charge >= 0.3 is 0 Å². The van der Waals surface area contributed by atoms with Crippen LogP contribution in [-0.4, -0.2) is 44.6 Å². The van der Waals surface area contributed by atoms with Gasteiger partial charge in [-0.3, -0.25) is 0 Å². The lowest BCUT2D eigenvalue weighted by molar-refractivity contribution is -0.157. The van der Waals surface area contributed by atoms with Crippen LogP contribution in [0.4, 0.5) is 0 Å². The zero-order valence-corrected chi connectivity index (χ0v) is 20.9. The molecule has 1 aliphatic heterocycles. The Balaban J connectivity index is 1.50. The molecular weight excluding hydrogens is 392 g/mol. The van der Waals surface area contributed by atoms with Crippen molar-refractivity contribution >= 4 is 8.32 Å². The SMILES string of the molecule is CC(C)(C)[Si](C)(C)O[C@@H]1C[C@H]2CC3(C[C@H]2[C@H]1/C=C/[C@@H](O)C1CCCCC1)OCCO3. The van der Waals surface area contributed by atoms with Crippen LogP contribution in [0.25, 0.3) is 0 Å². The van der Waals surface area contributed by atoms with Crippen molar-refractivity contribution in [2.45, 2.75) is 108 Å². The van der Waals surface area contributed by atoms with Gasteiger partial charge in [0.25, 0.3) is 0 Å². The summed E-state index contributed by atoms with van der Waals surface area (Å²) in [4.78, 5) is 0. The summed E-state index contributed by atoms with van der Waals surface area (Å²) in [7, 11) is -1.85. The number of fused-ring (bicyclic) bond motifs is 1. The van der Waals surface area contributed by atoms with Gasteiger partial charge in [-0.2, -0.15) is 0 Å². The van der Waals surface area contributed by atoms with Gasteiger partial charge in [0.1, 0.15) is 0 Å². The van der Waals surface area contributed by atoms with Crippen LogP contribution in [0, 0.1) is 23.7 Å². The van der Waals surface area contributed by atoms with E-state index in [1.165, 1.54) is 19.3 Å². The van der Waals surface area contributed by atoms with E-state index in [1.807, 2.05) is 0 Å². The van der Waals surface area contributed by atoms with Gasteiger partial charge in [-0.1, -0.05) is 52.2 Å². The maximum Gasteiger partial charge on any atom is 0.192 e. The van der Waals surface area contributed by atoms with Crippen molar-refractivity contribution in [3.63, 3.8) is 0 Å². The summed E-state index contributed by atoms with van der Waals surface area (Å²) in [5, 5.41) is 11.1. The highest BCUT2D eigenvalue weighted by Gasteiger charge is 2.57. The molecule has 0 aromatic carbocycles. The summed E-state index contributed by atoms with van der Waals surface area (Å²) in [6.45, 7) is 13.1. The number of hydrogen-bond acceptors (Lipinski definition) is 4. The third-order valence-electron chi connectivity index (χ3n) is 8.91. The molecular formula is C25H44O4Si. The van der Waals surface area contributed by atoms with E-state index in [9.17, 15) is 5.11 Å². The fourth-order valence-corrected chi connectivity index (χ4v) is 7.52. The normalized spacial score (nSPS) is 36.1. The first-order valence-electron chi connectivity index (χ1n) is 12.4. The van der Waals surface area contributed by atoms with E-state index in [-0.39, 0.29) is 23.0 Å². The maximum absolute atomic E-state index is 10.9. The van der Waals surface area contributed by atoms with Crippen LogP contribution in [0.3, 0.4) is 0 Å². The number of rotatable bonds is 5. The van der Waals surface area contributed by atoms with E-state index in [1.54, 1.807) is 0 Å². The van der Waals surface area contributed by atoms with Crippen molar-refractivity contribution in [2.24, 2.45) is 23.7 Å². The minimum atomic E-state index is -1.85. The first-order chi connectivity index (χ1) is 14.1. The molecule has 3 saturated carbocycles. The van der Waals surface area contributed by atoms with Gasteiger partial charge in [-0.05, 0) is 55.1 Å². The summed E-state index contributed by atoms with van der Waals surface area (Å²) in [5.41, 5.74) is 0. The molecule has 1 saturated heterocycles. The summed E-state index contributed by atoms with van der Waals surface area (Å²) in [6.07, 6.45) is 13.6. The standard InChI is InChI=1S/C25H44O4Si/c1-24(2,3)30(4,5)29-23-15-19-16-25(27-13-14-28-25)17-21(19)20(23)11-12-22(26)18-9-7-6-8-10-18/h11-12,18-23,26H,6-10,13-17H2,1-5H3/b12-11+/t19-,20+,21+,22+,23+/m0/s1. The van der Waals surface area contributed by atoms with Crippen LogP contribution >= 0.6 is 0 Å². The molecule has 172 valence electrons. The van der Waals surface area contributed by atoms with E-state index in [4.69, 9.17) is 13.9 Å². The highest BCUT2D eigenvalue weighted by molar-refractivity contribution is 6.74. The van der Waals surface area contributed by atoms with E-state index >= 15 is 0 Å². The minimum absolute atomic E-state index is 0.208. The lowest BCUT2D eigenvalue weighted by Crippen LogP contribution is -2.45. The molecule has 0 bridgehead atoms. The first kappa shape index (κ1) is 23.0. The number of ether oxygens (including phenoxy) is 2. The van der Waals surface area contributed by atoms with E-state index < -0.39 is 8.32 Å². The molecule has 4 rings (SSSR count). The maximum atomic E-state index is 10.9. The van der Waals surface area contributed by atoms with E-state index in [0.29, 0.717) is 23.7 Å². The Hall–Kier alpha value is -0.203. The van der Waals surface area contributed by atoms with Crippen molar-refractivity contribution in [3.05, 3.63) is 12.2 Å². The number of aliphatic hydroxyl groups excluding tert-OH is 1. The molecule has 0 aromatic rings. The summed E-state index contributed by atoms with van der Waals surface area (Å²) in [6, 6.07) is 0. The van der Waals surface area contributed by atoms with Crippen LogP contribution in [0.5, 0.6) is 0 Å². The number of aliphatic hydroxyl groups is 1. The molecule has 0 aromatic heterocycles. The predicted octanol–water partition coefficient (Wildman–Crippen LogP) is 5.66. The number of hydrogen-bond donors (Lipinski definition) is 1. The smallest absolute Gasteiger partial charge is 0.192 e. The van der Waals surface area contributed by atoms with Crippen molar-refractivity contribution in [1.29, 1.82) is 0 Å². The molecule has 1 N–H and O–H groups in total. The Morgan fingerprint density at radius 1 is 1.07 bits per heavy atom. The van der Waals surface area contributed by atoms with E-state index in [2.05, 4.69) is 46.0 Å². The Morgan fingerprint density at radius 2 is 1.73 bits per heavy atom. The Bertz CT molecular complexity index is 613. The summed E-state index contributed by atoms with van der Waals surface area (Å²) >= 11 is 0. The zero-order valence-electron chi connectivity index (χ0n) is 19.9. The Labute approximate surface area is 184 Å². The van der Waals surface area contributed by atoms with Gasteiger partial charge in [0.2, 0.25) is 0 Å². The van der Waals surface area contributed by atoms with Gasteiger partial charge in [0, 0.05) is 18.8 Å². The average Bonchev–Trinajstić information content (AvgIpc) is 3.35. The molecule has 4 aliphatic rings. The molecule has 4 fully saturated rings. The lowest BCUT2D eigenvalue weighted by Gasteiger charge is -2.40. The fourth-order valence-electron chi connectivity index (χ4n) is 6.16. The molecule has 0 unspecified atom stereocenters. The third-order valence-corrected chi connectivity index (χ3v) is 13.4. The first-order valence-corrected chi connectivity index (χ1v) is 15.3. The monoisotopic (exact) mass is 436 g/mol. The molecule has 0 amide bonds. The molecule has 4 nitrogen and oxygen atoms in total. The van der Waals surface area contributed by atoms with Crippen molar-refractivity contribution in [1.82, 2.24) is 0 Å². The summed E-state index contributed by atoms with van der Waals surface area (Å²) < 4.78 is 19.1. The van der Waals surface area contributed by atoms with Gasteiger partial charge in [0.05, 0.1) is 25.4 Å². The fraction of sp³-hybridized carbons (Fsp3) is 0.920. The second-order valence-corrected chi connectivity index (χ2v) is 16.7. The zero-order chi connectivity index (χ0) is 21.6. The van der Waals surface area contributed by atoms with Gasteiger partial charge in [-0.15, -0.1) is 0 Å². The van der Waals surface area contributed by atoms with Gasteiger partial charge in [-0.25, -0.2) is 0 Å². The van der Waals surface area contributed by atoms with Crippen molar-refractivity contribution in [2.75, 3.05) is 13.2 Å². The largest absolute Gasteiger partial charge is 0.413 e. The molecule has 3 aliphatic carbocycles. The third kappa shape index (κ3) is 4.61. The van der Waals surface area contributed by atoms with Crippen LogP contribution in [0.15, 0.2) is 12.2 Å². The quantitative estimate of drug-likeness (QED) is 0.446. The van der Waals surface area contributed by atoms with Crippen LogP contribution in [0.2, 0.25) is 18.1 Å². The Kier molecular flexibility index (Phi) is 6.60. The topological polar surface area (TPSA) is 47.9 Å². The highest BCUT2D eigenvalue weighted by atomic mass is 28.4. The molecule has 30 heavy (non-hydrogen) atoms. The van der Waals surface area contributed by atoms with Crippen molar-refractivity contribution < 1.29 is 19.0 Å². The molecule has 0 radical (unpaired) electrons. The second-order valence-electron chi connectivity index (χ2n) is 11.9. The molecule has 5 heteroatoms. The molecule has 1 heterocycles. The molecule has 5 atom stereocenters. The highest BCUT2D eigenvalue weighted by Crippen LogP contribution is 2.56. The summed E-state index contributed by atoms with van der Waals surface area (Å²) in [5.74, 6) is 1.58. The minimum Gasteiger partial charge on any atom is -0.413 e.